The first kappa shape index (κ1) is 28.1. The first-order valence-corrected chi connectivity index (χ1v) is 7.73. The molecule has 14 heteroatoms. The minimum Gasteiger partial charge on any atom is -0.549 e. The van der Waals surface area contributed by atoms with E-state index in [0.717, 1.165) is 9.80 Å². The van der Waals surface area contributed by atoms with Gasteiger partial charge in [-0.1, -0.05) is 0 Å². The molecule has 0 aliphatic rings. The summed E-state index contributed by atoms with van der Waals surface area (Å²) >= 11 is 0. The first-order valence-electron chi connectivity index (χ1n) is 7.73. The van der Waals surface area contributed by atoms with Crippen LogP contribution in [0.2, 0.25) is 0 Å². The predicted molar refractivity (Wildman–Crippen MR) is 84.9 cm³/mol. The number of carbonyl (C=O) groups is 5. The van der Waals surface area contributed by atoms with E-state index in [1.165, 1.54) is 4.90 Å². The fourth-order valence-electron chi connectivity index (χ4n) is 2.21. The minimum atomic E-state index is -1.49. The molecule has 1 radical (unpaired) electrons. The molecular weight excluding hydrogens is 470 g/mol. The van der Waals surface area contributed by atoms with Crippen molar-refractivity contribution in [3.05, 3.63) is 0 Å². The van der Waals surface area contributed by atoms with Crippen molar-refractivity contribution in [2.45, 2.75) is 0 Å². The van der Waals surface area contributed by atoms with Crippen molar-refractivity contribution in [1.29, 1.82) is 0 Å². The quantitative estimate of drug-likeness (QED) is 0.163. The average Bonchev–Trinajstić information content (AvgIpc) is 2.46. The number of hydrogen-bond acceptors (Lipinski definition) is 9. The zero-order chi connectivity index (χ0) is 21.0. The maximum atomic E-state index is 11.0. The molecule has 0 bridgehead atoms. The van der Waals surface area contributed by atoms with E-state index < -0.39 is 62.6 Å². The standard InChI is InChI=1S/C14H23N3O10.Tc/c18-10(19)5-15(1-3-16(6-11(20)21)7-12(22)23)2-4-17(8-13(24)25)9-14(26)27;/h1-9H2,(H,18,19)(H,20,21)(H,22,23)(H,24,25)(H,26,27);/q;+4/p-1/i;1+2. The van der Waals surface area contributed by atoms with Crippen LogP contribution in [0.1, 0.15) is 0 Å². The van der Waals surface area contributed by atoms with Crippen molar-refractivity contribution in [2.75, 3.05) is 58.9 Å². The van der Waals surface area contributed by atoms with Crippen LogP contribution < -0.4 is 5.11 Å². The van der Waals surface area contributed by atoms with Gasteiger partial charge in [-0.25, -0.2) is 0 Å². The van der Waals surface area contributed by atoms with Gasteiger partial charge in [0.05, 0.1) is 32.1 Å². The topological polar surface area (TPSA) is 199 Å². The molecule has 0 saturated heterocycles. The molecule has 0 aromatic heterocycles. The summed E-state index contributed by atoms with van der Waals surface area (Å²) in [5.74, 6) is -6.46. The summed E-state index contributed by atoms with van der Waals surface area (Å²) in [5.41, 5.74) is 0. The van der Waals surface area contributed by atoms with Gasteiger partial charge in [-0.15, -0.1) is 0 Å². The van der Waals surface area contributed by atoms with Crippen LogP contribution in [0.25, 0.3) is 0 Å². The monoisotopic (exact) mass is 492 g/mol. The number of aliphatic carboxylic acids is 5. The number of rotatable bonds is 16. The number of carboxylic acid groups (broad SMARTS) is 5. The largest absolute Gasteiger partial charge is 4.00 e. The van der Waals surface area contributed by atoms with E-state index in [2.05, 4.69) is 0 Å². The fraction of sp³-hybridized carbons (Fsp3) is 0.643. The Morgan fingerprint density at radius 3 is 1.07 bits per heavy atom. The summed E-state index contributed by atoms with van der Waals surface area (Å²) < 4.78 is 0. The van der Waals surface area contributed by atoms with Crippen LogP contribution in [-0.2, 0) is 44.1 Å². The molecule has 0 unspecified atom stereocenters. The Labute approximate surface area is 173 Å². The van der Waals surface area contributed by atoms with Crippen LogP contribution in [-0.4, -0.2) is 124 Å². The number of carboxylic acids is 5. The van der Waals surface area contributed by atoms with E-state index in [9.17, 15) is 29.1 Å². The molecular formula is C14H22N3O10Tc+3. The van der Waals surface area contributed by atoms with E-state index in [0.29, 0.717) is 0 Å². The summed E-state index contributed by atoms with van der Waals surface area (Å²) in [6.07, 6.45) is 0. The minimum absolute atomic E-state index is 0. The summed E-state index contributed by atoms with van der Waals surface area (Å²) in [4.78, 5) is 57.4. The molecule has 0 rings (SSSR count). The third-order valence-electron chi connectivity index (χ3n) is 3.25. The van der Waals surface area contributed by atoms with E-state index in [1.54, 1.807) is 0 Å². The molecule has 13 nitrogen and oxygen atoms in total. The maximum absolute atomic E-state index is 11.0. The number of hydrogen-bond donors (Lipinski definition) is 4. The van der Waals surface area contributed by atoms with Crippen LogP contribution in [0, 0.1) is 0 Å². The Morgan fingerprint density at radius 2 is 0.786 bits per heavy atom. The second kappa shape index (κ2) is 14.9. The zero-order valence-corrected chi connectivity index (χ0v) is 16.7. The van der Waals surface area contributed by atoms with Gasteiger partial charge in [0.25, 0.3) is 0 Å². The maximum Gasteiger partial charge on any atom is 4.00 e. The van der Waals surface area contributed by atoms with Gasteiger partial charge in [0.1, 0.15) is 0 Å². The molecule has 0 aromatic carbocycles. The van der Waals surface area contributed by atoms with Crippen molar-refractivity contribution >= 4 is 29.8 Å². The Kier molecular flexibility index (Phi) is 14.9. The van der Waals surface area contributed by atoms with Gasteiger partial charge in [0.2, 0.25) is 0 Å². The molecule has 0 spiro atoms. The molecule has 0 amide bonds. The summed E-state index contributed by atoms with van der Waals surface area (Å²) in [5, 5.41) is 45.9. The summed E-state index contributed by atoms with van der Waals surface area (Å²) in [7, 11) is 0. The molecule has 0 aliphatic carbocycles. The van der Waals surface area contributed by atoms with E-state index >= 15 is 0 Å². The Bertz CT molecular complexity index is 487. The van der Waals surface area contributed by atoms with Gasteiger partial charge in [0.15, 0.2) is 0 Å². The normalized spacial score (nSPS) is 10.7. The smallest absolute Gasteiger partial charge is 0.549 e. The Morgan fingerprint density at radius 1 is 0.536 bits per heavy atom. The third kappa shape index (κ3) is 16.1. The molecule has 0 aromatic rings. The SMILES string of the molecule is O=C([O-])CN(CCN(CCN(CC(=O)O)CC(=O)O)CC(=O)O)CC(=O)O.[100Tc+4]. The van der Waals surface area contributed by atoms with Gasteiger partial charge in [-0.3, -0.25) is 33.9 Å². The molecule has 28 heavy (non-hydrogen) atoms. The molecule has 0 fully saturated rings. The van der Waals surface area contributed by atoms with Gasteiger partial charge in [-0.2, -0.15) is 0 Å². The molecule has 0 aliphatic heterocycles. The molecule has 0 atom stereocenters. The van der Waals surface area contributed by atoms with Crippen LogP contribution in [0.4, 0.5) is 0 Å². The molecule has 157 valence electrons. The van der Waals surface area contributed by atoms with E-state index in [-0.39, 0.29) is 46.3 Å². The van der Waals surface area contributed by atoms with Crippen LogP contribution in [0.3, 0.4) is 0 Å². The average molecular weight is 492 g/mol. The van der Waals surface area contributed by atoms with Crippen LogP contribution in [0.15, 0.2) is 0 Å². The van der Waals surface area contributed by atoms with Crippen LogP contribution in [0.5, 0.6) is 0 Å². The van der Waals surface area contributed by atoms with Gasteiger partial charge >= 0.3 is 44.0 Å². The molecule has 0 saturated carbocycles. The fourth-order valence-corrected chi connectivity index (χ4v) is 2.21. The molecule has 4 N–H and O–H groups in total. The second-order valence-corrected chi connectivity index (χ2v) is 5.64. The predicted octanol–water partition coefficient (Wildman–Crippen LogP) is -4.02. The number of carbonyl (C=O) groups excluding carboxylic acids is 1. The molecule has 0 heterocycles. The van der Waals surface area contributed by atoms with Gasteiger partial charge in [0, 0.05) is 32.7 Å². The van der Waals surface area contributed by atoms with Crippen molar-refractivity contribution in [2.24, 2.45) is 0 Å². The van der Waals surface area contributed by atoms with Crippen molar-refractivity contribution in [3.8, 4) is 0 Å². The Hall–Kier alpha value is -2.12. The summed E-state index contributed by atoms with van der Waals surface area (Å²) in [6, 6.07) is 0. The van der Waals surface area contributed by atoms with Crippen molar-refractivity contribution < 1.29 is 69.6 Å². The Balaban J connectivity index is 0. The van der Waals surface area contributed by atoms with Gasteiger partial charge < -0.3 is 30.3 Å². The third-order valence-corrected chi connectivity index (χ3v) is 3.25. The van der Waals surface area contributed by atoms with Crippen molar-refractivity contribution in [3.63, 3.8) is 0 Å². The summed E-state index contributed by atoms with van der Waals surface area (Å²) in [6.45, 7) is -3.01. The van der Waals surface area contributed by atoms with E-state index in [1.807, 2.05) is 0 Å². The second-order valence-electron chi connectivity index (χ2n) is 5.64. The van der Waals surface area contributed by atoms with Gasteiger partial charge in [-0.05, 0) is 0 Å². The zero-order valence-electron chi connectivity index (χ0n) is 14.8. The van der Waals surface area contributed by atoms with E-state index in [4.69, 9.17) is 20.4 Å². The van der Waals surface area contributed by atoms with Crippen molar-refractivity contribution in [1.82, 2.24) is 14.7 Å². The first-order chi connectivity index (χ1) is 12.5. The number of nitrogens with zero attached hydrogens (tertiary/aromatic N) is 3. The van der Waals surface area contributed by atoms with Crippen LogP contribution >= 0.6 is 0 Å².